The molecule has 0 aliphatic heterocycles. The molecule has 1 N–H and O–H groups in total. The molecule has 1 aromatic heterocycles. The van der Waals surface area contributed by atoms with Gasteiger partial charge in [0, 0.05) is 19.4 Å². The van der Waals surface area contributed by atoms with Gasteiger partial charge in [0.05, 0.1) is 17.1 Å². The fraction of sp³-hybridized carbons (Fsp3) is 0.250. The monoisotopic (exact) mass is 319 g/mol. The largest absolute Gasteiger partial charge is 0.501 e. The molecule has 0 atom stereocenters. The second kappa shape index (κ2) is 5.40. The summed E-state index contributed by atoms with van der Waals surface area (Å²) in [5, 5.41) is 2.67. The van der Waals surface area contributed by atoms with E-state index in [9.17, 15) is 21.6 Å². The number of hydrogen-bond donors (Lipinski definition) is 1. The van der Waals surface area contributed by atoms with Gasteiger partial charge in [0.15, 0.2) is 0 Å². The van der Waals surface area contributed by atoms with Gasteiger partial charge >= 0.3 is 5.51 Å². The second-order valence-electron chi connectivity index (χ2n) is 4.25. The lowest BCUT2D eigenvalue weighted by atomic mass is 10.3. The molecular formula is C12H12F3N3O2S. The first-order valence-corrected chi connectivity index (χ1v) is 7.32. The molecule has 0 aliphatic rings. The molecule has 0 aliphatic carbocycles. The zero-order chi connectivity index (χ0) is 15.7. The minimum Gasteiger partial charge on any atom is -0.377 e. The molecule has 0 amide bonds. The van der Waals surface area contributed by atoms with Crippen molar-refractivity contribution in [1.82, 2.24) is 9.55 Å². The maximum Gasteiger partial charge on any atom is 0.501 e. The molecule has 1 aromatic carbocycles. The molecule has 0 saturated heterocycles. The number of hydrogen-bond acceptors (Lipinski definition) is 4. The number of aromatic nitrogens is 2. The normalized spacial score (nSPS) is 12.4. The Morgan fingerprint density at radius 1 is 1.29 bits per heavy atom. The van der Waals surface area contributed by atoms with E-state index in [2.05, 4.69) is 10.3 Å². The van der Waals surface area contributed by atoms with Crippen molar-refractivity contribution in [2.75, 3.05) is 5.32 Å². The fourth-order valence-electron chi connectivity index (χ4n) is 1.71. The molecule has 0 fully saturated rings. The van der Waals surface area contributed by atoms with Gasteiger partial charge in [-0.1, -0.05) is 12.1 Å². The lowest BCUT2D eigenvalue weighted by Gasteiger charge is -2.14. The first kappa shape index (κ1) is 15.4. The smallest absolute Gasteiger partial charge is 0.377 e. The number of aryl methyl sites for hydroxylation is 1. The molecule has 9 heteroatoms. The minimum absolute atomic E-state index is 0.105. The first-order chi connectivity index (χ1) is 9.73. The highest BCUT2D eigenvalue weighted by Crippen LogP contribution is 2.34. The van der Waals surface area contributed by atoms with Gasteiger partial charge in [-0.15, -0.1) is 0 Å². The number of halogens is 3. The van der Waals surface area contributed by atoms with Crippen molar-refractivity contribution in [3.63, 3.8) is 0 Å². The van der Waals surface area contributed by atoms with Crippen LogP contribution in [0.5, 0.6) is 0 Å². The quantitative estimate of drug-likeness (QED) is 0.939. The van der Waals surface area contributed by atoms with Crippen LogP contribution >= 0.6 is 0 Å². The minimum atomic E-state index is -5.40. The molecule has 0 unspecified atom stereocenters. The van der Waals surface area contributed by atoms with E-state index >= 15 is 0 Å². The summed E-state index contributed by atoms with van der Waals surface area (Å²) in [5.74, 6) is 0.564. The number of benzene rings is 1. The Kier molecular flexibility index (Phi) is 3.95. The summed E-state index contributed by atoms with van der Waals surface area (Å²) in [5.41, 5.74) is -5.45. The van der Waals surface area contributed by atoms with Crippen LogP contribution in [-0.4, -0.2) is 23.5 Å². The Bertz CT molecular complexity index is 738. The molecule has 0 spiro atoms. The lowest BCUT2D eigenvalue weighted by molar-refractivity contribution is -0.0435. The zero-order valence-electron chi connectivity index (χ0n) is 10.9. The number of para-hydroxylation sites is 1. The number of sulfone groups is 1. The molecule has 0 saturated carbocycles. The van der Waals surface area contributed by atoms with Crippen LogP contribution in [0, 0.1) is 0 Å². The molecular weight excluding hydrogens is 307 g/mol. The maximum atomic E-state index is 12.6. The van der Waals surface area contributed by atoms with Crippen molar-refractivity contribution in [2.45, 2.75) is 16.9 Å². The summed E-state index contributed by atoms with van der Waals surface area (Å²) in [4.78, 5) is 3.20. The van der Waals surface area contributed by atoms with E-state index in [0.29, 0.717) is 5.82 Å². The van der Waals surface area contributed by atoms with Crippen LogP contribution < -0.4 is 5.32 Å². The van der Waals surface area contributed by atoms with Crippen molar-refractivity contribution < 1.29 is 21.6 Å². The van der Waals surface area contributed by atoms with Crippen LogP contribution in [-0.2, 0) is 23.4 Å². The van der Waals surface area contributed by atoms with E-state index in [0.717, 1.165) is 6.07 Å². The van der Waals surface area contributed by atoms with Gasteiger partial charge in [0.2, 0.25) is 0 Å². The Hall–Kier alpha value is -2.03. The van der Waals surface area contributed by atoms with Crippen LogP contribution in [0.2, 0.25) is 0 Å². The Balaban J connectivity index is 2.32. The number of nitrogens with zero attached hydrogens (tertiary/aromatic N) is 2. The van der Waals surface area contributed by atoms with E-state index in [-0.39, 0.29) is 12.2 Å². The SMILES string of the molecule is Cn1ccnc1CNc1ccccc1S(=O)(=O)C(F)(F)F. The molecule has 1 heterocycles. The van der Waals surface area contributed by atoms with Crippen LogP contribution in [0.1, 0.15) is 5.82 Å². The lowest BCUT2D eigenvalue weighted by Crippen LogP contribution is -2.24. The molecule has 5 nitrogen and oxygen atoms in total. The summed E-state index contributed by atoms with van der Waals surface area (Å²) in [7, 11) is -3.67. The number of anilines is 1. The molecule has 0 bridgehead atoms. The first-order valence-electron chi connectivity index (χ1n) is 5.84. The predicted octanol–water partition coefficient (Wildman–Crippen LogP) is 2.33. The van der Waals surface area contributed by atoms with Crippen LogP contribution in [0.25, 0.3) is 0 Å². The average molecular weight is 319 g/mol. The van der Waals surface area contributed by atoms with E-state index in [1.54, 1.807) is 17.8 Å². The van der Waals surface area contributed by atoms with Crippen molar-refractivity contribution in [1.29, 1.82) is 0 Å². The van der Waals surface area contributed by atoms with Gasteiger partial charge in [0.25, 0.3) is 9.84 Å². The van der Waals surface area contributed by atoms with Crippen molar-refractivity contribution in [3.8, 4) is 0 Å². The van der Waals surface area contributed by atoms with E-state index < -0.39 is 20.2 Å². The van der Waals surface area contributed by atoms with E-state index in [4.69, 9.17) is 0 Å². The zero-order valence-corrected chi connectivity index (χ0v) is 11.7. The van der Waals surface area contributed by atoms with E-state index in [1.165, 1.54) is 24.4 Å². The average Bonchev–Trinajstić information content (AvgIpc) is 2.81. The number of nitrogens with one attached hydrogen (secondary N) is 1. The van der Waals surface area contributed by atoms with Gasteiger partial charge in [-0.05, 0) is 12.1 Å². The Labute approximate surface area is 119 Å². The van der Waals surface area contributed by atoms with E-state index in [1.807, 2.05) is 0 Å². The third-order valence-corrected chi connectivity index (χ3v) is 4.38. The maximum absolute atomic E-state index is 12.6. The highest BCUT2D eigenvalue weighted by Gasteiger charge is 2.47. The van der Waals surface area contributed by atoms with Gasteiger partial charge in [-0.25, -0.2) is 13.4 Å². The fourth-order valence-corrected chi connectivity index (χ4v) is 2.65. The number of rotatable bonds is 4. The summed E-state index contributed by atoms with van der Waals surface area (Å²) in [6.07, 6.45) is 3.21. The predicted molar refractivity (Wildman–Crippen MR) is 70.2 cm³/mol. The third-order valence-electron chi connectivity index (χ3n) is 2.84. The standard InChI is InChI=1S/C12H12F3N3O2S/c1-18-7-6-16-11(18)8-17-9-4-2-3-5-10(9)21(19,20)12(13,14)15/h2-7,17H,8H2,1H3. The van der Waals surface area contributed by atoms with Crippen molar-refractivity contribution in [3.05, 3.63) is 42.5 Å². The van der Waals surface area contributed by atoms with Gasteiger partial charge < -0.3 is 9.88 Å². The topological polar surface area (TPSA) is 64.0 Å². The number of alkyl halides is 3. The van der Waals surface area contributed by atoms with Crippen LogP contribution in [0.3, 0.4) is 0 Å². The molecule has 2 aromatic rings. The molecule has 2 rings (SSSR count). The molecule has 114 valence electrons. The second-order valence-corrected chi connectivity index (χ2v) is 6.16. The molecule has 21 heavy (non-hydrogen) atoms. The van der Waals surface area contributed by atoms with Crippen molar-refractivity contribution >= 4 is 15.5 Å². The summed E-state index contributed by atoms with van der Waals surface area (Å²) in [6, 6.07) is 4.89. The van der Waals surface area contributed by atoms with Crippen LogP contribution in [0.4, 0.5) is 18.9 Å². The Morgan fingerprint density at radius 3 is 2.52 bits per heavy atom. The summed E-state index contributed by atoms with van der Waals surface area (Å²) < 4.78 is 62.6. The van der Waals surface area contributed by atoms with Gasteiger partial charge in [-0.3, -0.25) is 0 Å². The van der Waals surface area contributed by atoms with Gasteiger partial charge in [0.1, 0.15) is 5.82 Å². The summed E-state index contributed by atoms with van der Waals surface area (Å²) >= 11 is 0. The van der Waals surface area contributed by atoms with Crippen molar-refractivity contribution in [2.24, 2.45) is 7.05 Å². The highest BCUT2D eigenvalue weighted by molar-refractivity contribution is 7.92. The summed E-state index contributed by atoms with van der Waals surface area (Å²) in [6.45, 7) is 0.105. The van der Waals surface area contributed by atoms with Gasteiger partial charge in [-0.2, -0.15) is 13.2 Å². The number of imidazole rings is 1. The van der Waals surface area contributed by atoms with Crippen LogP contribution in [0.15, 0.2) is 41.6 Å². The molecule has 0 radical (unpaired) electrons. The Morgan fingerprint density at radius 2 is 1.95 bits per heavy atom. The highest BCUT2D eigenvalue weighted by atomic mass is 32.2. The third kappa shape index (κ3) is 3.02.